The lowest BCUT2D eigenvalue weighted by atomic mass is 10.1. The topological polar surface area (TPSA) is 55.1 Å². The van der Waals surface area contributed by atoms with E-state index in [-0.39, 0.29) is 12.3 Å². The van der Waals surface area contributed by atoms with Crippen LogP contribution < -0.4 is 5.32 Å². The summed E-state index contributed by atoms with van der Waals surface area (Å²) in [5.41, 5.74) is 2.87. The van der Waals surface area contributed by atoms with Gasteiger partial charge in [-0.1, -0.05) is 41.3 Å². The Hall–Kier alpha value is -3.36. The maximum Gasteiger partial charge on any atom is 0.230 e. The smallest absolute Gasteiger partial charge is 0.230 e. The third-order valence-electron chi connectivity index (χ3n) is 3.78. The Morgan fingerprint density at radius 2 is 2.00 bits per heavy atom. The van der Waals surface area contributed by atoms with Crippen molar-refractivity contribution < 1.29 is 9.32 Å². The van der Waals surface area contributed by atoms with Crippen molar-refractivity contribution in [1.29, 1.82) is 0 Å². The Bertz CT molecular complexity index is 1120. The Balaban J connectivity index is 1.47. The predicted molar refractivity (Wildman–Crippen MR) is 103 cm³/mol. The maximum absolute atomic E-state index is 12.4. The van der Waals surface area contributed by atoms with Crippen LogP contribution in [0.2, 0.25) is 0 Å². The second kappa shape index (κ2) is 7.26. The van der Waals surface area contributed by atoms with Gasteiger partial charge in [0.25, 0.3) is 0 Å². The zero-order valence-electron chi connectivity index (χ0n) is 13.7. The number of para-hydroxylation sites is 1. The first-order chi connectivity index (χ1) is 12.8. The summed E-state index contributed by atoms with van der Waals surface area (Å²) in [5, 5.41) is 9.74. The number of nitrogens with one attached hydrogen (secondary N) is 1. The number of rotatable bonds is 3. The van der Waals surface area contributed by atoms with E-state index in [2.05, 4.69) is 22.3 Å². The lowest BCUT2D eigenvalue weighted by Crippen LogP contribution is -2.14. The van der Waals surface area contributed by atoms with Crippen molar-refractivity contribution in [1.82, 2.24) is 5.16 Å². The SMILES string of the molecule is O=C(Cc1noc2ccccc12)Nc1cccc(C#Cc2cccs2)c1. The van der Waals surface area contributed by atoms with E-state index >= 15 is 0 Å². The molecule has 0 aliphatic carbocycles. The lowest BCUT2D eigenvalue weighted by Gasteiger charge is -2.04. The van der Waals surface area contributed by atoms with Gasteiger partial charge in [0.05, 0.1) is 11.3 Å². The number of anilines is 1. The van der Waals surface area contributed by atoms with Crippen LogP contribution in [-0.2, 0) is 11.2 Å². The Morgan fingerprint density at radius 3 is 2.88 bits per heavy atom. The average molecular weight is 358 g/mol. The van der Waals surface area contributed by atoms with Crippen LogP contribution in [0.1, 0.15) is 16.1 Å². The molecule has 4 aromatic rings. The molecule has 1 amide bonds. The summed E-state index contributed by atoms with van der Waals surface area (Å²) in [6.45, 7) is 0. The number of aromatic nitrogens is 1. The summed E-state index contributed by atoms with van der Waals surface area (Å²) in [6.07, 6.45) is 0.155. The van der Waals surface area contributed by atoms with Crippen LogP contribution in [0.25, 0.3) is 11.0 Å². The van der Waals surface area contributed by atoms with Crippen molar-refractivity contribution in [3.05, 3.63) is 82.2 Å². The summed E-state index contributed by atoms with van der Waals surface area (Å²) in [4.78, 5) is 13.4. The van der Waals surface area contributed by atoms with Gasteiger partial charge in [-0.15, -0.1) is 11.3 Å². The molecule has 0 aliphatic heterocycles. The minimum absolute atomic E-state index is 0.146. The van der Waals surface area contributed by atoms with Crippen molar-refractivity contribution in [2.24, 2.45) is 0 Å². The predicted octanol–water partition coefficient (Wildman–Crippen LogP) is 4.47. The molecule has 126 valence electrons. The number of amides is 1. The van der Waals surface area contributed by atoms with E-state index in [1.54, 1.807) is 11.3 Å². The van der Waals surface area contributed by atoms with Gasteiger partial charge >= 0.3 is 0 Å². The number of carbonyl (C=O) groups excluding carboxylic acids is 1. The first kappa shape index (κ1) is 16.1. The fraction of sp³-hybridized carbons (Fsp3) is 0.0476. The van der Waals surface area contributed by atoms with Gasteiger partial charge in [-0.3, -0.25) is 4.79 Å². The number of hydrogen-bond donors (Lipinski definition) is 1. The molecule has 0 unspecified atom stereocenters. The number of benzene rings is 2. The molecule has 26 heavy (non-hydrogen) atoms. The first-order valence-electron chi connectivity index (χ1n) is 8.07. The average Bonchev–Trinajstić information content (AvgIpc) is 3.31. The van der Waals surface area contributed by atoms with Gasteiger partial charge in [0.1, 0.15) is 5.69 Å². The van der Waals surface area contributed by atoms with E-state index in [4.69, 9.17) is 4.52 Å². The third-order valence-corrected chi connectivity index (χ3v) is 4.56. The summed E-state index contributed by atoms with van der Waals surface area (Å²) in [5.74, 6) is 6.08. The largest absolute Gasteiger partial charge is 0.356 e. The minimum atomic E-state index is -0.146. The quantitative estimate of drug-likeness (QED) is 0.550. The number of thiophene rings is 1. The number of fused-ring (bicyclic) bond motifs is 1. The summed E-state index contributed by atoms with van der Waals surface area (Å²) in [7, 11) is 0. The highest BCUT2D eigenvalue weighted by atomic mass is 32.1. The molecule has 2 aromatic carbocycles. The Labute approximate surface area is 154 Å². The zero-order chi connectivity index (χ0) is 17.8. The lowest BCUT2D eigenvalue weighted by molar-refractivity contribution is -0.115. The molecule has 1 N–H and O–H groups in total. The van der Waals surface area contributed by atoms with Crippen LogP contribution in [0, 0.1) is 11.8 Å². The normalized spacial score (nSPS) is 10.3. The molecule has 0 radical (unpaired) electrons. The molecule has 4 nitrogen and oxygen atoms in total. The molecule has 0 saturated carbocycles. The van der Waals surface area contributed by atoms with Gasteiger partial charge in [0, 0.05) is 16.6 Å². The molecule has 0 spiro atoms. The summed E-state index contributed by atoms with van der Waals surface area (Å²) < 4.78 is 5.24. The highest BCUT2D eigenvalue weighted by Gasteiger charge is 2.12. The Kier molecular flexibility index (Phi) is 4.50. The van der Waals surface area contributed by atoms with Crippen molar-refractivity contribution in [3.63, 3.8) is 0 Å². The first-order valence-corrected chi connectivity index (χ1v) is 8.95. The Morgan fingerprint density at radius 1 is 1.08 bits per heavy atom. The van der Waals surface area contributed by atoms with Gasteiger partial charge in [0.2, 0.25) is 5.91 Å². The van der Waals surface area contributed by atoms with Crippen LogP contribution in [0.5, 0.6) is 0 Å². The van der Waals surface area contributed by atoms with Crippen molar-refractivity contribution in [2.45, 2.75) is 6.42 Å². The van der Waals surface area contributed by atoms with Crippen LogP contribution in [0.3, 0.4) is 0 Å². The molecular formula is C21H14N2O2S. The van der Waals surface area contributed by atoms with Crippen molar-refractivity contribution in [2.75, 3.05) is 5.32 Å². The summed E-state index contributed by atoms with van der Waals surface area (Å²) >= 11 is 1.60. The van der Waals surface area contributed by atoms with Crippen molar-refractivity contribution >= 4 is 33.9 Å². The van der Waals surface area contributed by atoms with E-state index < -0.39 is 0 Å². The van der Waals surface area contributed by atoms with Crippen LogP contribution in [0.4, 0.5) is 5.69 Å². The third kappa shape index (κ3) is 3.66. The minimum Gasteiger partial charge on any atom is -0.356 e. The van der Waals surface area contributed by atoms with Crippen LogP contribution in [0.15, 0.2) is 70.6 Å². The van der Waals surface area contributed by atoms with Gasteiger partial charge in [-0.2, -0.15) is 0 Å². The van der Waals surface area contributed by atoms with Gasteiger partial charge in [-0.05, 0) is 41.8 Å². The molecule has 0 aliphatic rings. The second-order valence-corrected chi connectivity index (χ2v) is 6.61. The molecule has 2 heterocycles. The standard InChI is InChI=1S/C21H14N2O2S/c24-21(14-19-18-8-1-2-9-20(18)25-23-19)22-16-6-3-5-15(13-16)10-11-17-7-4-12-26-17/h1-9,12-13H,14H2,(H,22,24). The number of nitrogens with zero attached hydrogens (tertiary/aromatic N) is 1. The van der Waals surface area contributed by atoms with Gasteiger partial charge in [-0.25, -0.2) is 0 Å². The van der Waals surface area contributed by atoms with E-state index in [9.17, 15) is 4.79 Å². The molecule has 0 atom stereocenters. The van der Waals surface area contributed by atoms with E-state index in [0.29, 0.717) is 17.0 Å². The number of carbonyl (C=O) groups is 1. The molecule has 0 saturated heterocycles. The maximum atomic E-state index is 12.4. The van der Waals surface area contributed by atoms with E-state index in [1.165, 1.54) is 0 Å². The monoisotopic (exact) mass is 358 g/mol. The zero-order valence-corrected chi connectivity index (χ0v) is 14.5. The van der Waals surface area contributed by atoms with Crippen LogP contribution >= 0.6 is 11.3 Å². The fourth-order valence-electron chi connectivity index (χ4n) is 2.58. The number of hydrogen-bond acceptors (Lipinski definition) is 4. The molecule has 2 aromatic heterocycles. The van der Waals surface area contributed by atoms with E-state index in [0.717, 1.165) is 15.8 Å². The summed E-state index contributed by atoms with van der Waals surface area (Å²) in [6, 6.07) is 18.9. The van der Waals surface area contributed by atoms with Crippen LogP contribution in [-0.4, -0.2) is 11.1 Å². The second-order valence-electron chi connectivity index (χ2n) is 5.66. The molecule has 4 rings (SSSR count). The fourth-order valence-corrected chi connectivity index (χ4v) is 3.15. The highest BCUT2D eigenvalue weighted by Crippen LogP contribution is 2.19. The molecule has 0 fully saturated rings. The molecule has 5 heteroatoms. The molecule has 0 bridgehead atoms. The van der Waals surface area contributed by atoms with Gasteiger partial charge in [0.15, 0.2) is 5.58 Å². The molecular weight excluding hydrogens is 344 g/mol. The van der Waals surface area contributed by atoms with E-state index in [1.807, 2.05) is 66.0 Å². The van der Waals surface area contributed by atoms with Gasteiger partial charge < -0.3 is 9.84 Å². The van der Waals surface area contributed by atoms with Crippen molar-refractivity contribution in [3.8, 4) is 11.8 Å². The highest BCUT2D eigenvalue weighted by molar-refractivity contribution is 7.10.